The smallest absolute Gasteiger partial charge is 0.330 e. The van der Waals surface area contributed by atoms with Gasteiger partial charge in [-0.25, -0.2) is 4.79 Å². The predicted molar refractivity (Wildman–Crippen MR) is 136 cm³/mol. The van der Waals surface area contributed by atoms with Crippen LogP contribution in [0.1, 0.15) is 76.7 Å². The number of benzene rings is 2. The van der Waals surface area contributed by atoms with Gasteiger partial charge >= 0.3 is 5.97 Å². The molecule has 0 spiro atoms. The van der Waals surface area contributed by atoms with Gasteiger partial charge in [0, 0.05) is 18.9 Å². The summed E-state index contributed by atoms with van der Waals surface area (Å²) in [5.74, 6) is -0.234. The van der Waals surface area contributed by atoms with Gasteiger partial charge in [0.1, 0.15) is 13.2 Å². The van der Waals surface area contributed by atoms with Gasteiger partial charge in [-0.2, -0.15) is 0 Å². The average Bonchev–Trinajstić information content (AvgIpc) is 3.28. The Balaban J connectivity index is 0.00000385. The zero-order chi connectivity index (χ0) is 22.5. The van der Waals surface area contributed by atoms with Gasteiger partial charge in [0.05, 0.1) is 19.6 Å². The number of hydrogen-bond donors (Lipinski definition) is 0. The SMILES string of the molecule is CCCCCCCCCC[N+]1(CCOC(=O)/C=C/c2cccc3ccccc23)CCCC1.[Br-]. The van der Waals surface area contributed by atoms with Crippen LogP contribution in [0.4, 0.5) is 0 Å². The Kier molecular flexibility index (Phi) is 12.8. The fourth-order valence-electron chi connectivity index (χ4n) is 5.09. The molecule has 0 amide bonds. The Morgan fingerprint density at radius 1 is 0.879 bits per heavy atom. The molecule has 182 valence electrons. The summed E-state index contributed by atoms with van der Waals surface area (Å²) in [5, 5.41) is 2.34. The number of unbranched alkanes of at least 4 members (excludes halogenated alkanes) is 7. The molecule has 2 aromatic rings. The first-order valence-electron chi connectivity index (χ1n) is 12.9. The molecule has 2 aromatic carbocycles. The highest BCUT2D eigenvalue weighted by Crippen LogP contribution is 2.22. The highest BCUT2D eigenvalue weighted by Gasteiger charge is 2.31. The van der Waals surface area contributed by atoms with Gasteiger partial charge in [-0.3, -0.25) is 0 Å². The minimum atomic E-state index is -0.234. The number of halogens is 1. The fraction of sp³-hybridized carbons (Fsp3) is 0.552. The van der Waals surface area contributed by atoms with Crippen molar-refractivity contribution in [1.82, 2.24) is 0 Å². The van der Waals surface area contributed by atoms with Crippen molar-refractivity contribution in [3.8, 4) is 0 Å². The van der Waals surface area contributed by atoms with Crippen molar-refractivity contribution >= 4 is 22.8 Å². The van der Waals surface area contributed by atoms with E-state index >= 15 is 0 Å². The van der Waals surface area contributed by atoms with Crippen LogP contribution in [-0.4, -0.2) is 43.2 Å². The second-order valence-corrected chi connectivity index (χ2v) is 9.49. The van der Waals surface area contributed by atoms with Crippen LogP contribution in [0.3, 0.4) is 0 Å². The number of hydrogen-bond acceptors (Lipinski definition) is 2. The quantitative estimate of drug-likeness (QED) is 0.163. The van der Waals surface area contributed by atoms with Crippen LogP contribution in [0.2, 0.25) is 0 Å². The number of nitrogens with zero attached hydrogens (tertiary/aromatic N) is 1. The molecule has 0 aromatic heterocycles. The third kappa shape index (κ3) is 9.25. The number of carbonyl (C=O) groups is 1. The lowest BCUT2D eigenvalue weighted by Crippen LogP contribution is -3.00. The topological polar surface area (TPSA) is 26.3 Å². The molecule has 0 N–H and O–H groups in total. The summed E-state index contributed by atoms with van der Waals surface area (Å²) in [6.07, 6.45) is 17.0. The third-order valence-corrected chi connectivity index (χ3v) is 7.03. The zero-order valence-electron chi connectivity index (χ0n) is 20.4. The largest absolute Gasteiger partial charge is 1.00 e. The van der Waals surface area contributed by atoms with Gasteiger partial charge in [-0.1, -0.05) is 87.9 Å². The molecule has 0 saturated carbocycles. The van der Waals surface area contributed by atoms with Gasteiger partial charge in [-0.05, 0) is 35.3 Å². The zero-order valence-corrected chi connectivity index (χ0v) is 22.0. The molecule has 3 nitrogen and oxygen atoms in total. The fourth-order valence-corrected chi connectivity index (χ4v) is 5.09. The first-order chi connectivity index (χ1) is 15.7. The summed E-state index contributed by atoms with van der Waals surface area (Å²) in [7, 11) is 0. The molecule has 0 atom stereocenters. The molecule has 1 aliphatic rings. The third-order valence-electron chi connectivity index (χ3n) is 7.03. The lowest BCUT2D eigenvalue weighted by Gasteiger charge is -2.34. The minimum absolute atomic E-state index is 0. The van der Waals surface area contributed by atoms with Crippen molar-refractivity contribution in [3.63, 3.8) is 0 Å². The van der Waals surface area contributed by atoms with Gasteiger partial charge in [0.2, 0.25) is 0 Å². The van der Waals surface area contributed by atoms with E-state index < -0.39 is 0 Å². The summed E-state index contributed by atoms with van der Waals surface area (Å²) in [6, 6.07) is 14.4. The lowest BCUT2D eigenvalue weighted by atomic mass is 10.0. The maximum Gasteiger partial charge on any atom is 0.330 e. The van der Waals surface area contributed by atoms with E-state index in [1.807, 2.05) is 30.3 Å². The first-order valence-corrected chi connectivity index (χ1v) is 12.9. The van der Waals surface area contributed by atoms with Crippen LogP contribution in [0.25, 0.3) is 16.8 Å². The molecule has 33 heavy (non-hydrogen) atoms. The second-order valence-electron chi connectivity index (χ2n) is 9.49. The number of quaternary nitrogens is 1. The Morgan fingerprint density at radius 3 is 2.30 bits per heavy atom. The molecular weight excluding hydrogens is 474 g/mol. The van der Waals surface area contributed by atoms with Gasteiger partial charge < -0.3 is 26.2 Å². The van der Waals surface area contributed by atoms with Crippen molar-refractivity contribution in [2.24, 2.45) is 0 Å². The Bertz CT molecular complexity index is 852. The van der Waals surface area contributed by atoms with Crippen molar-refractivity contribution in [2.75, 3.05) is 32.8 Å². The predicted octanol–water partition coefficient (Wildman–Crippen LogP) is 4.15. The monoisotopic (exact) mass is 515 g/mol. The summed E-state index contributed by atoms with van der Waals surface area (Å²) >= 11 is 0. The van der Waals surface area contributed by atoms with E-state index in [-0.39, 0.29) is 23.0 Å². The summed E-state index contributed by atoms with van der Waals surface area (Å²) in [6.45, 7) is 7.51. The normalized spacial score (nSPS) is 15.1. The molecule has 0 radical (unpaired) electrons. The van der Waals surface area contributed by atoms with Gasteiger partial charge in [0.25, 0.3) is 0 Å². The minimum Gasteiger partial charge on any atom is -1.00 e. The first kappa shape index (κ1) is 27.6. The highest BCUT2D eigenvalue weighted by molar-refractivity contribution is 5.94. The highest BCUT2D eigenvalue weighted by atomic mass is 79.9. The number of likely N-dealkylation sites (tertiary alicyclic amines) is 1. The Hall–Kier alpha value is -1.65. The van der Waals surface area contributed by atoms with Crippen molar-refractivity contribution < 1.29 is 31.0 Å². The number of carbonyl (C=O) groups excluding carboxylic acids is 1. The van der Waals surface area contributed by atoms with E-state index in [0.29, 0.717) is 6.61 Å². The van der Waals surface area contributed by atoms with Crippen molar-refractivity contribution in [3.05, 3.63) is 54.1 Å². The molecule has 3 rings (SSSR count). The van der Waals surface area contributed by atoms with Gasteiger partial charge in [0.15, 0.2) is 0 Å². The van der Waals surface area contributed by atoms with Crippen molar-refractivity contribution in [1.29, 1.82) is 0 Å². The van der Waals surface area contributed by atoms with Crippen LogP contribution in [-0.2, 0) is 9.53 Å². The van der Waals surface area contributed by atoms with Crippen LogP contribution in [0, 0.1) is 0 Å². The maximum atomic E-state index is 12.3. The molecule has 1 aliphatic heterocycles. The van der Waals surface area contributed by atoms with Crippen LogP contribution in [0.15, 0.2) is 48.5 Å². The standard InChI is InChI=1S/C29H42NO2.BrH/c1-2-3-4-5-6-7-8-11-21-30(22-12-13-23-30)24-25-32-29(31)20-19-27-17-14-16-26-15-9-10-18-28(26)27;/h9-10,14-20H,2-8,11-13,21-25H2,1H3;1H/q+1;/p-1/b20-19+;. The molecule has 0 aliphatic carbocycles. The van der Waals surface area contributed by atoms with E-state index in [4.69, 9.17) is 4.74 Å². The van der Waals surface area contributed by atoms with Crippen LogP contribution in [0.5, 0.6) is 0 Å². The number of ether oxygens (including phenoxy) is 1. The second kappa shape index (κ2) is 15.3. The Labute approximate surface area is 211 Å². The van der Waals surface area contributed by atoms with Crippen LogP contribution >= 0.6 is 0 Å². The van der Waals surface area contributed by atoms with E-state index in [9.17, 15) is 4.79 Å². The molecule has 1 saturated heterocycles. The molecule has 0 unspecified atom stereocenters. The van der Waals surface area contributed by atoms with E-state index in [1.54, 1.807) is 6.08 Å². The average molecular weight is 517 g/mol. The van der Waals surface area contributed by atoms with E-state index in [1.165, 1.54) is 89.2 Å². The Morgan fingerprint density at radius 2 is 1.55 bits per heavy atom. The van der Waals surface area contributed by atoms with Crippen LogP contribution < -0.4 is 17.0 Å². The number of esters is 1. The summed E-state index contributed by atoms with van der Waals surface area (Å²) in [5.41, 5.74) is 1.05. The molecule has 4 heteroatoms. The summed E-state index contributed by atoms with van der Waals surface area (Å²) < 4.78 is 6.75. The van der Waals surface area contributed by atoms with Gasteiger partial charge in [-0.15, -0.1) is 0 Å². The number of fused-ring (bicyclic) bond motifs is 1. The van der Waals surface area contributed by atoms with E-state index in [2.05, 4.69) is 25.1 Å². The maximum absolute atomic E-state index is 12.3. The van der Waals surface area contributed by atoms with E-state index in [0.717, 1.165) is 22.0 Å². The summed E-state index contributed by atoms with van der Waals surface area (Å²) in [4.78, 5) is 12.3. The number of rotatable bonds is 14. The lowest BCUT2D eigenvalue weighted by molar-refractivity contribution is -0.917. The molecule has 1 fully saturated rings. The molecule has 0 bridgehead atoms. The molecular formula is C29H42BrNO2. The molecule has 1 heterocycles. The van der Waals surface area contributed by atoms with Crippen molar-refractivity contribution in [2.45, 2.75) is 71.1 Å².